The molecule has 0 atom stereocenters. The van der Waals surface area contributed by atoms with Crippen LogP contribution in [-0.2, 0) is 22.4 Å². The Morgan fingerprint density at radius 1 is 1.00 bits per heavy atom. The van der Waals surface area contributed by atoms with Gasteiger partial charge >= 0.3 is 12.1 Å². The van der Waals surface area contributed by atoms with Gasteiger partial charge in [-0.3, -0.25) is 4.79 Å². The van der Waals surface area contributed by atoms with E-state index < -0.39 is 23.6 Å². The quantitative estimate of drug-likeness (QED) is 0.385. The van der Waals surface area contributed by atoms with Crippen LogP contribution in [0.3, 0.4) is 0 Å². The van der Waals surface area contributed by atoms with Crippen molar-refractivity contribution in [1.82, 2.24) is 0 Å². The molecule has 0 spiro atoms. The molecule has 0 radical (unpaired) electrons. The van der Waals surface area contributed by atoms with E-state index in [4.69, 9.17) is 16.4 Å². The molecule has 4 rings (SSSR count). The fourth-order valence-electron chi connectivity index (χ4n) is 3.26. The number of benzene rings is 3. The van der Waals surface area contributed by atoms with Crippen LogP contribution in [0.15, 0.2) is 78.0 Å². The number of carbonyl (C=O) groups excluding carboxylic acids is 2. The summed E-state index contributed by atoms with van der Waals surface area (Å²) in [6.07, 6.45) is -4.49. The van der Waals surface area contributed by atoms with E-state index in [0.29, 0.717) is 21.8 Å². The van der Waals surface area contributed by atoms with Gasteiger partial charge in [0.15, 0.2) is 5.71 Å². The number of fused-ring (bicyclic) bond motifs is 1. The molecule has 0 saturated heterocycles. The zero-order valence-electron chi connectivity index (χ0n) is 16.3. The molecule has 0 unspecified atom stereocenters. The second-order valence-electron chi connectivity index (χ2n) is 6.93. The third-order valence-corrected chi connectivity index (χ3v) is 5.04. The van der Waals surface area contributed by atoms with Crippen LogP contribution in [0.4, 0.5) is 18.9 Å². The number of anilines is 1. The van der Waals surface area contributed by atoms with Gasteiger partial charge in [-0.25, -0.2) is 4.79 Å². The molecule has 0 bridgehead atoms. The molecule has 1 amide bonds. The number of rotatable bonds is 4. The van der Waals surface area contributed by atoms with Crippen LogP contribution in [0.2, 0.25) is 5.02 Å². The van der Waals surface area contributed by atoms with E-state index in [9.17, 15) is 22.8 Å². The molecule has 162 valence electrons. The van der Waals surface area contributed by atoms with Crippen molar-refractivity contribution < 1.29 is 27.6 Å². The summed E-state index contributed by atoms with van der Waals surface area (Å²) < 4.78 is 39.1. The van der Waals surface area contributed by atoms with E-state index in [2.05, 4.69) is 5.16 Å². The van der Waals surface area contributed by atoms with E-state index >= 15 is 0 Å². The summed E-state index contributed by atoms with van der Waals surface area (Å²) in [5, 5.41) is 4.20. The van der Waals surface area contributed by atoms with Gasteiger partial charge in [0.25, 0.3) is 5.91 Å². The predicted molar refractivity (Wildman–Crippen MR) is 112 cm³/mol. The first-order valence-corrected chi connectivity index (χ1v) is 9.74. The lowest BCUT2D eigenvalue weighted by Gasteiger charge is -2.17. The Labute approximate surface area is 185 Å². The molecule has 0 saturated carbocycles. The van der Waals surface area contributed by atoms with Crippen molar-refractivity contribution >= 4 is 34.9 Å². The molecule has 1 aliphatic rings. The van der Waals surface area contributed by atoms with Crippen LogP contribution in [0.1, 0.15) is 27.0 Å². The summed E-state index contributed by atoms with van der Waals surface area (Å²) in [6, 6.07) is 17.3. The van der Waals surface area contributed by atoms with Crippen molar-refractivity contribution in [2.45, 2.75) is 12.7 Å². The number of oxime groups is 1. The summed E-state index contributed by atoms with van der Waals surface area (Å²) in [7, 11) is 0. The average molecular weight is 459 g/mol. The molecule has 3 aromatic carbocycles. The lowest BCUT2D eigenvalue weighted by Crippen LogP contribution is -2.30. The van der Waals surface area contributed by atoms with Gasteiger partial charge < -0.3 is 9.74 Å². The van der Waals surface area contributed by atoms with Crippen molar-refractivity contribution in [3.8, 4) is 0 Å². The zero-order valence-corrected chi connectivity index (χ0v) is 17.0. The fourth-order valence-corrected chi connectivity index (χ4v) is 3.39. The predicted octanol–water partition coefficient (Wildman–Crippen LogP) is 5.47. The normalized spacial score (nSPS) is 14.6. The first kappa shape index (κ1) is 21.6. The van der Waals surface area contributed by atoms with Gasteiger partial charge in [0.1, 0.15) is 0 Å². The van der Waals surface area contributed by atoms with Crippen molar-refractivity contribution in [3.05, 3.63) is 100 Å². The molecule has 32 heavy (non-hydrogen) atoms. The molecule has 0 N–H and O–H groups in total. The summed E-state index contributed by atoms with van der Waals surface area (Å²) in [5.74, 6) is -1.37. The largest absolute Gasteiger partial charge is 0.416 e. The van der Waals surface area contributed by atoms with Crippen LogP contribution in [0, 0.1) is 0 Å². The number of para-hydroxylation sites is 1. The maximum absolute atomic E-state index is 13.0. The van der Waals surface area contributed by atoms with E-state index in [1.165, 1.54) is 41.3 Å². The molecule has 1 heterocycles. The zero-order chi connectivity index (χ0) is 22.9. The topological polar surface area (TPSA) is 59.0 Å². The van der Waals surface area contributed by atoms with Crippen molar-refractivity contribution in [1.29, 1.82) is 0 Å². The van der Waals surface area contributed by atoms with Crippen molar-refractivity contribution in [2.75, 3.05) is 4.90 Å². The molecule has 9 heteroatoms. The van der Waals surface area contributed by atoms with Crippen LogP contribution >= 0.6 is 11.6 Å². The van der Waals surface area contributed by atoms with Crippen molar-refractivity contribution in [2.24, 2.45) is 5.16 Å². The van der Waals surface area contributed by atoms with E-state index in [1.807, 2.05) is 0 Å². The SMILES string of the molecule is O=C(O/N=C1\C(=O)N(Cc2cccc(C(F)(F)F)c2)c2ccccc21)c1ccc(Cl)cc1. The minimum atomic E-state index is -4.49. The van der Waals surface area contributed by atoms with E-state index in [-0.39, 0.29) is 17.8 Å². The number of carbonyl (C=O) groups is 2. The summed E-state index contributed by atoms with van der Waals surface area (Å²) in [6.45, 7) is -0.107. The Morgan fingerprint density at radius 2 is 1.72 bits per heavy atom. The maximum atomic E-state index is 13.0. The third-order valence-electron chi connectivity index (χ3n) is 4.79. The smallest absolute Gasteiger partial charge is 0.312 e. The monoisotopic (exact) mass is 458 g/mol. The molecule has 1 aliphatic heterocycles. The minimum absolute atomic E-state index is 0.107. The van der Waals surface area contributed by atoms with Crippen LogP contribution in [-0.4, -0.2) is 17.6 Å². The first-order chi connectivity index (χ1) is 15.2. The number of amides is 1. The number of hydrogen-bond acceptors (Lipinski definition) is 4. The Hall–Kier alpha value is -3.65. The van der Waals surface area contributed by atoms with Crippen molar-refractivity contribution in [3.63, 3.8) is 0 Å². The number of halogens is 4. The van der Waals surface area contributed by atoms with Crippen LogP contribution in [0.25, 0.3) is 0 Å². The summed E-state index contributed by atoms with van der Waals surface area (Å²) in [4.78, 5) is 31.5. The van der Waals surface area contributed by atoms with E-state index in [1.54, 1.807) is 24.3 Å². The maximum Gasteiger partial charge on any atom is 0.416 e. The molecular formula is C23H14ClF3N2O3. The molecule has 0 aliphatic carbocycles. The van der Waals surface area contributed by atoms with Gasteiger partial charge in [-0.2, -0.15) is 13.2 Å². The Balaban J connectivity index is 1.60. The molecule has 3 aromatic rings. The Morgan fingerprint density at radius 3 is 2.44 bits per heavy atom. The van der Waals surface area contributed by atoms with Crippen LogP contribution in [0.5, 0.6) is 0 Å². The van der Waals surface area contributed by atoms with Gasteiger partial charge in [0, 0.05) is 10.6 Å². The van der Waals surface area contributed by atoms with Gasteiger partial charge in [-0.15, -0.1) is 0 Å². The highest BCUT2D eigenvalue weighted by Gasteiger charge is 2.35. The molecule has 0 fully saturated rings. The lowest BCUT2D eigenvalue weighted by molar-refractivity contribution is -0.137. The van der Waals surface area contributed by atoms with Gasteiger partial charge in [-0.1, -0.05) is 47.1 Å². The number of hydrogen-bond donors (Lipinski definition) is 0. The van der Waals surface area contributed by atoms with E-state index in [0.717, 1.165) is 12.1 Å². The highest BCUT2D eigenvalue weighted by atomic mass is 35.5. The summed E-state index contributed by atoms with van der Waals surface area (Å²) >= 11 is 5.80. The van der Waals surface area contributed by atoms with Gasteiger partial charge in [0.05, 0.1) is 23.4 Å². The third kappa shape index (κ3) is 4.36. The number of alkyl halides is 3. The van der Waals surface area contributed by atoms with Gasteiger partial charge in [-0.05, 0) is 48.0 Å². The highest BCUT2D eigenvalue weighted by molar-refractivity contribution is 6.54. The fraction of sp³-hybridized carbons (Fsp3) is 0.0870. The second-order valence-corrected chi connectivity index (χ2v) is 7.37. The summed E-state index contributed by atoms with van der Waals surface area (Å²) in [5.41, 5.74) is 0.431. The van der Waals surface area contributed by atoms with Crippen LogP contribution < -0.4 is 4.90 Å². The standard InChI is InChI=1S/C23H14ClF3N2O3/c24-17-10-8-15(9-11-17)22(31)32-28-20-18-6-1-2-7-19(18)29(21(20)30)13-14-4-3-5-16(12-14)23(25,26)27/h1-12H,13H2/b28-20-. The first-order valence-electron chi connectivity index (χ1n) is 9.36. The molecule has 5 nitrogen and oxygen atoms in total. The minimum Gasteiger partial charge on any atom is -0.312 e. The molecular weight excluding hydrogens is 445 g/mol. The Bertz CT molecular complexity index is 1220. The second kappa shape index (κ2) is 8.47. The average Bonchev–Trinajstić information content (AvgIpc) is 3.03. The highest BCUT2D eigenvalue weighted by Crippen LogP contribution is 2.33. The number of nitrogens with zero attached hydrogens (tertiary/aromatic N) is 2. The lowest BCUT2D eigenvalue weighted by atomic mass is 10.1. The van der Waals surface area contributed by atoms with Gasteiger partial charge in [0.2, 0.25) is 0 Å². The molecule has 0 aromatic heterocycles. The Kier molecular flexibility index (Phi) is 5.71.